The maximum absolute atomic E-state index is 11.1. The SMILES string of the molecule is C=CCCC(=O)NCCNC(C)C. The van der Waals surface area contributed by atoms with Crippen molar-refractivity contribution < 1.29 is 4.79 Å². The van der Waals surface area contributed by atoms with Gasteiger partial charge in [-0.05, 0) is 6.42 Å². The lowest BCUT2D eigenvalue weighted by Gasteiger charge is -2.08. The van der Waals surface area contributed by atoms with Crippen molar-refractivity contribution in [3.8, 4) is 0 Å². The highest BCUT2D eigenvalue weighted by Gasteiger charge is 1.97. The molecule has 0 unspecified atom stereocenters. The molecule has 0 atom stereocenters. The molecule has 3 heteroatoms. The van der Waals surface area contributed by atoms with Crippen molar-refractivity contribution in [2.24, 2.45) is 0 Å². The van der Waals surface area contributed by atoms with Crippen molar-refractivity contribution in [3.63, 3.8) is 0 Å². The molecule has 0 saturated carbocycles. The molecule has 0 bridgehead atoms. The summed E-state index contributed by atoms with van der Waals surface area (Å²) in [7, 11) is 0. The van der Waals surface area contributed by atoms with E-state index in [9.17, 15) is 4.79 Å². The van der Waals surface area contributed by atoms with Gasteiger partial charge in [-0.3, -0.25) is 4.79 Å². The van der Waals surface area contributed by atoms with Crippen LogP contribution < -0.4 is 10.6 Å². The van der Waals surface area contributed by atoms with Gasteiger partial charge in [0.15, 0.2) is 0 Å². The van der Waals surface area contributed by atoms with Crippen molar-refractivity contribution >= 4 is 5.91 Å². The van der Waals surface area contributed by atoms with Crippen LogP contribution in [-0.2, 0) is 4.79 Å². The van der Waals surface area contributed by atoms with E-state index in [-0.39, 0.29) is 5.91 Å². The zero-order chi connectivity index (χ0) is 10.1. The molecule has 1 amide bonds. The van der Waals surface area contributed by atoms with Crippen LogP contribution in [0.2, 0.25) is 0 Å². The molecule has 0 saturated heterocycles. The van der Waals surface area contributed by atoms with E-state index in [2.05, 4.69) is 31.1 Å². The highest BCUT2D eigenvalue weighted by atomic mass is 16.1. The lowest BCUT2D eigenvalue weighted by molar-refractivity contribution is -0.120. The van der Waals surface area contributed by atoms with Gasteiger partial charge >= 0.3 is 0 Å². The molecule has 0 aromatic carbocycles. The van der Waals surface area contributed by atoms with Crippen LogP contribution in [0.5, 0.6) is 0 Å². The molecule has 0 rings (SSSR count). The Kier molecular flexibility index (Phi) is 7.30. The summed E-state index contributed by atoms with van der Waals surface area (Å²) in [6, 6.07) is 0.477. The number of amides is 1. The highest BCUT2D eigenvalue weighted by Crippen LogP contribution is 1.87. The van der Waals surface area contributed by atoms with Crippen LogP contribution in [0.4, 0.5) is 0 Å². The van der Waals surface area contributed by atoms with Crippen LogP contribution in [-0.4, -0.2) is 25.0 Å². The van der Waals surface area contributed by atoms with Gasteiger partial charge in [0.1, 0.15) is 0 Å². The van der Waals surface area contributed by atoms with Crippen LogP contribution >= 0.6 is 0 Å². The molecule has 3 nitrogen and oxygen atoms in total. The second kappa shape index (κ2) is 7.80. The van der Waals surface area contributed by atoms with Gasteiger partial charge in [-0.25, -0.2) is 0 Å². The Balaban J connectivity index is 3.21. The molecule has 0 aliphatic rings. The first-order chi connectivity index (χ1) is 6.16. The molecule has 0 aromatic rings. The van der Waals surface area contributed by atoms with Gasteiger partial charge in [0.25, 0.3) is 0 Å². The summed E-state index contributed by atoms with van der Waals surface area (Å²) in [5.74, 6) is 0.102. The molecule has 0 aromatic heterocycles. The standard InChI is InChI=1S/C10H20N2O/c1-4-5-6-10(13)12-8-7-11-9(2)3/h4,9,11H,1,5-8H2,2-3H3,(H,12,13). The quantitative estimate of drug-likeness (QED) is 0.459. The van der Waals surface area contributed by atoms with Gasteiger partial charge in [-0.2, -0.15) is 0 Å². The Morgan fingerprint density at radius 1 is 1.46 bits per heavy atom. The van der Waals surface area contributed by atoms with E-state index in [0.29, 0.717) is 19.0 Å². The minimum absolute atomic E-state index is 0.102. The van der Waals surface area contributed by atoms with Crippen molar-refractivity contribution in [2.75, 3.05) is 13.1 Å². The van der Waals surface area contributed by atoms with E-state index >= 15 is 0 Å². The summed E-state index contributed by atoms with van der Waals surface area (Å²) < 4.78 is 0. The van der Waals surface area contributed by atoms with Gasteiger partial charge in [-0.1, -0.05) is 19.9 Å². The van der Waals surface area contributed by atoms with Crippen LogP contribution in [0.15, 0.2) is 12.7 Å². The second-order valence-corrected chi connectivity index (χ2v) is 3.29. The lowest BCUT2D eigenvalue weighted by atomic mass is 10.3. The van der Waals surface area contributed by atoms with E-state index in [1.165, 1.54) is 0 Å². The average molecular weight is 184 g/mol. The summed E-state index contributed by atoms with van der Waals surface area (Å²) in [5, 5.41) is 6.05. The summed E-state index contributed by atoms with van der Waals surface area (Å²) in [5.41, 5.74) is 0. The Morgan fingerprint density at radius 2 is 2.15 bits per heavy atom. The fourth-order valence-corrected chi connectivity index (χ4v) is 0.884. The van der Waals surface area contributed by atoms with Crippen molar-refractivity contribution in [1.82, 2.24) is 10.6 Å². The Hall–Kier alpha value is -0.830. The van der Waals surface area contributed by atoms with Gasteiger partial charge in [0.05, 0.1) is 0 Å². The molecular formula is C10H20N2O. The van der Waals surface area contributed by atoms with Crippen LogP contribution in [0, 0.1) is 0 Å². The van der Waals surface area contributed by atoms with Crippen molar-refractivity contribution in [1.29, 1.82) is 0 Å². The largest absolute Gasteiger partial charge is 0.355 e. The second-order valence-electron chi connectivity index (χ2n) is 3.29. The maximum Gasteiger partial charge on any atom is 0.220 e. The van der Waals surface area contributed by atoms with Crippen LogP contribution in [0.25, 0.3) is 0 Å². The van der Waals surface area contributed by atoms with Crippen LogP contribution in [0.3, 0.4) is 0 Å². The molecule has 0 aliphatic carbocycles. The number of nitrogens with one attached hydrogen (secondary N) is 2. The predicted molar refractivity (Wildman–Crippen MR) is 55.6 cm³/mol. The third-order valence-corrected chi connectivity index (χ3v) is 1.58. The van der Waals surface area contributed by atoms with Gasteiger partial charge in [0.2, 0.25) is 5.91 Å². The predicted octanol–water partition coefficient (Wildman–Crippen LogP) is 1.07. The smallest absolute Gasteiger partial charge is 0.220 e. The minimum atomic E-state index is 0.102. The van der Waals surface area contributed by atoms with E-state index in [0.717, 1.165) is 13.0 Å². The third kappa shape index (κ3) is 9.08. The van der Waals surface area contributed by atoms with E-state index < -0.39 is 0 Å². The molecule has 13 heavy (non-hydrogen) atoms. The van der Waals surface area contributed by atoms with Crippen molar-refractivity contribution in [3.05, 3.63) is 12.7 Å². The molecule has 0 spiro atoms. The monoisotopic (exact) mass is 184 g/mol. The first kappa shape index (κ1) is 12.2. The fourth-order valence-electron chi connectivity index (χ4n) is 0.884. The molecular weight excluding hydrogens is 164 g/mol. The summed E-state index contributed by atoms with van der Waals surface area (Å²) >= 11 is 0. The number of carbonyl (C=O) groups excluding carboxylic acids is 1. The number of hydrogen-bond acceptors (Lipinski definition) is 2. The highest BCUT2D eigenvalue weighted by molar-refractivity contribution is 5.75. The minimum Gasteiger partial charge on any atom is -0.355 e. The first-order valence-corrected chi connectivity index (χ1v) is 4.77. The Labute approximate surface area is 80.6 Å². The first-order valence-electron chi connectivity index (χ1n) is 4.77. The number of carbonyl (C=O) groups is 1. The number of allylic oxidation sites excluding steroid dienone is 1. The van der Waals surface area contributed by atoms with E-state index in [1.54, 1.807) is 6.08 Å². The normalized spacial score (nSPS) is 10.1. The molecule has 0 fully saturated rings. The lowest BCUT2D eigenvalue weighted by Crippen LogP contribution is -2.34. The Bertz CT molecular complexity index is 155. The zero-order valence-corrected chi connectivity index (χ0v) is 8.60. The average Bonchev–Trinajstić information content (AvgIpc) is 2.08. The van der Waals surface area contributed by atoms with Gasteiger partial charge in [-0.15, -0.1) is 6.58 Å². The number of hydrogen-bond donors (Lipinski definition) is 2. The molecule has 0 aliphatic heterocycles. The van der Waals surface area contributed by atoms with Crippen LogP contribution in [0.1, 0.15) is 26.7 Å². The summed E-state index contributed by atoms with van der Waals surface area (Å²) in [4.78, 5) is 11.1. The molecule has 0 radical (unpaired) electrons. The van der Waals surface area contributed by atoms with Crippen molar-refractivity contribution in [2.45, 2.75) is 32.7 Å². The maximum atomic E-state index is 11.1. The van der Waals surface area contributed by atoms with E-state index in [4.69, 9.17) is 0 Å². The Morgan fingerprint density at radius 3 is 2.69 bits per heavy atom. The third-order valence-electron chi connectivity index (χ3n) is 1.58. The van der Waals surface area contributed by atoms with Gasteiger partial charge in [0, 0.05) is 25.6 Å². The fraction of sp³-hybridized carbons (Fsp3) is 0.700. The summed E-state index contributed by atoms with van der Waals surface area (Å²) in [6.07, 6.45) is 3.06. The molecule has 0 heterocycles. The zero-order valence-electron chi connectivity index (χ0n) is 8.60. The molecule has 2 N–H and O–H groups in total. The van der Waals surface area contributed by atoms with E-state index in [1.807, 2.05) is 0 Å². The summed E-state index contributed by atoms with van der Waals surface area (Å²) in [6.45, 7) is 9.26. The topological polar surface area (TPSA) is 41.1 Å². The number of rotatable bonds is 7. The molecule has 76 valence electrons. The van der Waals surface area contributed by atoms with Gasteiger partial charge < -0.3 is 10.6 Å².